The van der Waals surface area contributed by atoms with Crippen LogP contribution in [0.5, 0.6) is 11.5 Å². The van der Waals surface area contributed by atoms with E-state index >= 15 is 0 Å². The highest BCUT2D eigenvalue weighted by Gasteiger charge is 2.15. The molecule has 1 aromatic carbocycles. The predicted octanol–water partition coefficient (Wildman–Crippen LogP) is 1.73. The second-order valence-electron chi connectivity index (χ2n) is 4.13. The first kappa shape index (κ1) is 12.9. The zero-order valence-electron chi connectivity index (χ0n) is 10.4. The van der Waals surface area contributed by atoms with E-state index in [0.29, 0.717) is 11.3 Å². The molecule has 0 saturated heterocycles. The van der Waals surface area contributed by atoms with E-state index in [-0.39, 0.29) is 17.9 Å². The van der Waals surface area contributed by atoms with Crippen molar-refractivity contribution in [3.05, 3.63) is 53.3 Å². The fourth-order valence-electron chi connectivity index (χ4n) is 1.63. The molecule has 1 amide bonds. The van der Waals surface area contributed by atoms with Gasteiger partial charge in [0.05, 0.1) is 17.8 Å². The Morgan fingerprint density at radius 3 is 2.68 bits per heavy atom. The minimum atomic E-state index is -0.460. The van der Waals surface area contributed by atoms with Crippen LogP contribution < -0.4 is 5.32 Å². The summed E-state index contributed by atoms with van der Waals surface area (Å²) in [5, 5.41) is 21.9. The molecule has 0 bridgehead atoms. The first-order chi connectivity index (χ1) is 9.09. The zero-order chi connectivity index (χ0) is 13.8. The van der Waals surface area contributed by atoms with Crippen molar-refractivity contribution in [3.8, 4) is 11.5 Å². The van der Waals surface area contributed by atoms with Crippen LogP contribution in [-0.2, 0) is 6.54 Å². The van der Waals surface area contributed by atoms with Crippen molar-refractivity contribution in [2.75, 3.05) is 0 Å². The largest absolute Gasteiger partial charge is 0.504 e. The number of rotatable bonds is 3. The van der Waals surface area contributed by atoms with Crippen LogP contribution >= 0.6 is 0 Å². The van der Waals surface area contributed by atoms with Gasteiger partial charge >= 0.3 is 0 Å². The number of aromatic hydroxyl groups is 2. The molecule has 19 heavy (non-hydrogen) atoms. The molecule has 98 valence electrons. The Hall–Kier alpha value is -2.56. The Kier molecular flexibility index (Phi) is 3.66. The summed E-state index contributed by atoms with van der Waals surface area (Å²) < 4.78 is 0. The molecular weight excluding hydrogens is 244 g/mol. The van der Waals surface area contributed by atoms with Crippen molar-refractivity contribution in [2.24, 2.45) is 0 Å². The molecular formula is C14H14N2O3. The summed E-state index contributed by atoms with van der Waals surface area (Å²) in [5.74, 6) is -1.14. The molecule has 0 atom stereocenters. The molecule has 2 rings (SSSR count). The highest BCUT2D eigenvalue weighted by molar-refractivity contribution is 5.97. The van der Waals surface area contributed by atoms with Crippen LogP contribution in [0.4, 0.5) is 0 Å². The molecule has 0 aliphatic heterocycles. The lowest BCUT2D eigenvalue weighted by molar-refractivity contribution is 0.0947. The minimum absolute atomic E-state index is 0.0408. The number of carbonyl (C=O) groups excluding carboxylic acids is 1. The fraction of sp³-hybridized carbons (Fsp3) is 0.143. The van der Waals surface area contributed by atoms with E-state index < -0.39 is 11.7 Å². The van der Waals surface area contributed by atoms with Crippen LogP contribution in [0.25, 0.3) is 0 Å². The lowest BCUT2D eigenvalue weighted by Gasteiger charge is -2.09. The monoisotopic (exact) mass is 258 g/mol. The summed E-state index contributed by atoms with van der Waals surface area (Å²) in [6, 6.07) is 8.44. The van der Waals surface area contributed by atoms with Gasteiger partial charge in [-0.05, 0) is 30.7 Å². The van der Waals surface area contributed by atoms with E-state index in [9.17, 15) is 15.0 Å². The molecule has 5 heteroatoms. The Labute approximate surface area is 110 Å². The number of hydrogen-bond donors (Lipinski definition) is 3. The summed E-state index contributed by atoms with van der Waals surface area (Å²) >= 11 is 0. The highest BCUT2D eigenvalue weighted by atomic mass is 16.3. The van der Waals surface area contributed by atoms with E-state index in [1.807, 2.05) is 6.07 Å². The molecule has 1 aromatic heterocycles. The van der Waals surface area contributed by atoms with Crippen molar-refractivity contribution in [2.45, 2.75) is 13.5 Å². The molecule has 0 aliphatic rings. The number of benzene rings is 1. The molecule has 0 radical (unpaired) electrons. The van der Waals surface area contributed by atoms with Crippen molar-refractivity contribution < 1.29 is 15.0 Å². The Balaban J connectivity index is 2.11. The quantitative estimate of drug-likeness (QED) is 0.732. The number of phenols is 2. The molecule has 3 N–H and O–H groups in total. The molecule has 0 unspecified atom stereocenters. The maximum atomic E-state index is 11.9. The summed E-state index contributed by atoms with van der Waals surface area (Å²) in [6.07, 6.45) is 1.64. The third-order valence-corrected chi connectivity index (χ3v) is 2.75. The van der Waals surface area contributed by atoms with E-state index in [1.54, 1.807) is 31.3 Å². The second kappa shape index (κ2) is 5.39. The Bertz CT molecular complexity index is 597. The van der Waals surface area contributed by atoms with Gasteiger partial charge < -0.3 is 15.5 Å². The third-order valence-electron chi connectivity index (χ3n) is 2.75. The van der Waals surface area contributed by atoms with Crippen LogP contribution in [0.2, 0.25) is 0 Å². The summed E-state index contributed by atoms with van der Waals surface area (Å²) in [6.45, 7) is 1.90. The van der Waals surface area contributed by atoms with Gasteiger partial charge in [-0.25, -0.2) is 0 Å². The van der Waals surface area contributed by atoms with Gasteiger partial charge in [0.2, 0.25) is 0 Å². The maximum Gasteiger partial charge on any atom is 0.255 e. The molecule has 1 heterocycles. The van der Waals surface area contributed by atoms with Crippen LogP contribution in [0.3, 0.4) is 0 Å². The van der Waals surface area contributed by atoms with Crippen molar-refractivity contribution in [3.63, 3.8) is 0 Å². The van der Waals surface area contributed by atoms with Crippen LogP contribution in [-0.4, -0.2) is 21.1 Å². The standard InChI is InChI=1S/C14H14N2O3/c1-9-5-6-11(13(18)12(9)17)14(19)16-8-10-4-2-3-7-15-10/h2-7,17-18H,8H2,1H3,(H,16,19). The molecule has 2 aromatic rings. The van der Waals surface area contributed by atoms with Gasteiger partial charge in [0, 0.05) is 6.20 Å². The van der Waals surface area contributed by atoms with Crippen molar-refractivity contribution in [1.29, 1.82) is 0 Å². The first-order valence-electron chi connectivity index (χ1n) is 5.79. The van der Waals surface area contributed by atoms with Gasteiger partial charge in [0.15, 0.2) is 11.5 Å². The van der Waals surface area contributed by atoms with Gasteiger partial charge in [-0.1, -0.05) is 12.1 Å². The van der Waals surface area contributed by atoms with Gasteiger partial charge in [-0.3, -0.25) is 9.78 Å². The number of carbonyl (C=O) groups is 1. The number of amides is 1. The van der Waals surface area contributed by atoms with Gasteiger partial charge in [-0.2, -0.15) is 0 Å². The summed E-state index contributed by atoms with van der Waals surface area (Å²) in [4.78, 5) is 16.0. The van der Waals surface area contributed by atoms with Crippen molar-refractivity contribution in [1.82, 2.24) is 10.3 Å². The number of nitrogens with one attached hydrogen (secondary N) is 1. The Morgan fingerprint density at radius 1 is 1.21 bits per heavy atom. The highest BCUT2D eigenvalue weighted by Crippen LogP contribution is 2.31. The fourth-order valence-corrected chi connectivity index (χ4v) is 1.63. The first-order valence-corrected chi connectivity index (χ1v) is 5.79. The predicted molar refractivity (Wildman–Crippen MR) is 69.9 cm³/mol. The average molecular weight is 258 g/mol. The zero-order valence-corrected chi connectivity index (χ0v) is 10.4. The number of aromatic nitrogens is 1. The van der Waals surface area contributed by atoms with E-state index in [2.05, 4.69) is 10.3 Å². The molecule has 0 spiro atoms. The lowest BCUT2D eigenvalue weighted by atomic mass is 10.1. The average Bonchev–Trinajstić information content (AvgIpc) is 2.43. The summed E-state index contributed by atoms with van der Waals surface area (Å²) in [5.41, 5.74) is 1.27. The number of aryl methyl sites for hydroxylation is 1. The normalized spacial score (nSPS) is 10.2. The van der Waals surface area contributed by atoms with Crippen LogP contribution in [0, 0.1) is 6.92 Å². The summed E-state index contributed by atoms with van der Waals surface area (Å²) in [7, 11) is 0. The van der Waals surface area contributed by atoms with Gasteiger partial charge in [0.1, 0.15) is 0 Å². The van der Waals surface area contributed by atoms with E-state index in [4.69, 9.17) is 0 Å². The van der Waals surface area contributed by atoms with E-state index in [1.165, 1.54) is 6.07 Å². The lowest BCUT2D eigenvalue weighted by Crippen LogP contribution is -2.23. The van der Waals surface area contributed by atoms with Crippen LogP contribution in [0.15, 0.2) is 36.5 Å². The number of phenolic OH excluding ortho intramolecular Hbond substituents is 2. The molecule has 0 fully saturated rings. The second-order valence-corrected chi connectivity index (χ2v) is 4.13. The van der Waals surface area contributed by atoms with Gasteiger partial charge in [0.25, 0.3) is 5.91 Å². The molecule has 0 saturated carbocycles. The number of hydrogen-bond acceptors (Lipinski definition) is 4. The topological polar surface area (TPSA) is 82.5 Å². The van der Waals surface area contributed by atoms with Crippen LogP contribution in [0.1, 0.15) is 21.6 Å². The third kappa shape index (κ3) is 2.82. The SMILES string of the molecule is Cc1ccc(C(=O)NCc2ccccn2)c(O)c1O. The maximum absolute atomic E-state index is 11.9. The smallest absolute Gasteiger partial charge is 0.255 e. The van der Waals surface area contributed by atoms with Gasteiger partial charge in [-0.15, -0.1) is 0 Å². The number of pyridine rings is 1. The minimum Gasteiger partial charge on any atom is -0.504 e. The van der Waals surface area contributed by atoms with Crippen molar-refractivity contribution >= 4 is 5.91 Å². The number of nitrogens with zero attached hydrogens (tertiary/aromatic N) is 1. The molecule has 5 nitrogen and oxygen atoms in total. The molecule has 0 aliphatic carbocycles. The van der Waals surface area contributed by atoms with E-state index in [0.717, 1.165) is 0 Å². The Morgan fingerprint density at radius 2 is 2.00 bits per heavy atom.